The first-order chi connectivity index (χ1) is 10.3. The number of benzene rings is 1. The van der Waals surface area contributed by atoms with Crippen LogP contribution < -0.4 is 0 Å². The Morgan fingerprint density at radius 3 is 2.52 bits per heavy atom. The second-order valence-electron chi connectivity index (χ2n) is 4.78. The highest BCUT2D eigenvalue weighted by Gasteiger charge is 2.12. The van der Waals surface area contributed by atoms with Gasteiger partial charge in [-0.15, -0.1) is 0 Å². The van der Waals surface area contributed by atoms with Crippen LogP contribution in [0.2, 0.25) is 0 Å². The Balaban J connectivity index is 2.16. The third kappa shape index (κ3) is 3.67. The van der Waals surface area contributed by atoms with Gasteiger partial charge in [0.25, 0.3) is 0 Å². The normalized spacial score (nSPS) is 12.5. The molecule has 2 heteroatoms. The molecule has 0 spiro atoms. The fraction of sp³-hybridized carbons (Fsp3) is 0.158. The highest BCUT2D eigenvalue weighted by atomic mass is 14.7. The first-order valence-corrected chi connectivity index (χ1v) is 6.97. The van der Waals surface area contributed by atoms with Crippen molar-refractivity contribution in [3.05, 3.63) is 78.7 Å². The number of nitrogens with zero attached hydrogens (tertiary/aromatic N) is 2. The number of nitriles is 1. The highest BCUT2D eigenvalue weighted by Crippen LogP contribution is 2.20. The lowest BCUT2D eigenvalue weighted by Crippen LogP contribution is -2.05. The molecule has 1 unspecified atom stereocenters. The summed E-state index contributed by atoms with van der Waals surface area (Å²) in [5, 5.41) is 9.29. The molecule has 0 saturated heterocycles. The summed E-state index contributed by atoms with van der Waals surface area (Å²) < 4.78 is 0. The van der Waals surface area contributed by atoms with Gasteiger partial charge in [-0.05, 0) is 24.1 Å². The maximum Gasteiger partial charge on any atom is 0.0764 e. The minimum Gasteiger partial charge on any atom is -0.261 e. The van der Waals surface area contributed by atoms with E-state index < -0.39 is 0 Å². The quantitative estimate of drug-likeness (QED) is 0.749. The van der Waals surface area contributed by atoms with Crippen LogP contribution in [0.1, 0.15) is 12.6 Å². The second kappa shape index (κ2) is 7.21. The van der Waals surface area contributed by atoms with Crippen LogP contribution in [-0.2, 0) is 6.42 Å². The number of rotatable bonds is 5. The van der Waals surface area contributed by atoms with E-state index in [0.717, 1.165) is 22.4 Å². The zero-order valence-electron chi connectivity index (χ0n) is 12.2. The first-order valence-electron chi connectivity index (χ1n) is 6.97. The van der Waals surface area contributed by atoms with Gasteiger partial charge in [-0.1, -0.05) is 55.1 Å². The van der Waals surface area contributed by atoms with E-state index in [1.807, 2.05) is 43.5 Å². The number of allylic oxidation sites excluding steroid dienone is 3. The molecule has 0 radical (unpaired) electrons. The van der Waals surface area contributed by atoms with Crippen LogP contribution >= 0.6 is 0 Å². The van der Waals surface area contributed by atoms with Gasteiger partial charge in [0.1, 0.15) is 0 Å². The van der Waals surface area contributed by atoms with Gasteiger partial charge in [-0.3, -0.25) is 4.98 Å². The standard InChI is InChI=1S/C19H18N2/c1-3-15(4-2)18(13-20)12-19-11-10-17(14-21-19)16-8-6-5-7-9-16/h3-11,14,18H,1,12H2,2H3/b15-4+. The number of hydrogen-bond acceptors (Lipinski definition) is 2. The van der Waals surface area contributed by atoms with Crippen LogP contribution in [0.3, 0.4) is 0 Å². The Kier molecular flexibility index (Phi) is 5.06. The summed E-state index contributed by atoms with van der Waals surface area (Å²) in [6, 6.07) is 16.5. The van der Waals surface area contributed by atoms with Gasteiger partial charge in [0.2, 0.25) is 0 Å². The largest absolute Gasteiger partial charge is 0.261 e. The summed E-state index contributed by atoms with van der Waals surface area (Å²) in [5.74, 6) is -0.192. The molecule has 2 nitrogen and oxygen atoms in total. The van der Waals surface area contributed by atoms with Crippen molar-refractivity contribution in [3.8, 4) is 17.2 Å². The summed E-state index contributed by atoms with van der Waals surface area (Å²) in [5.41, 5.74) is 4.10. The van der Waals surface area contributed by atoms with E-state index in [-0.39, 0.29) is 5.92 Å². The molecule has 0 aliphatic rings. The molecule has 0 fully saturated rings. The molecule has 2 aromatic rings. The van der Waals surface area contributed by atoms with E-state index in [2.05, 4.69) is 35.8 Å². The third-order valence-electron chi connectivity index (χ3n) is 3.47. The highest BCUT2D eigenvalue weighted by molar-refractivity contribution is 5.62. The van der Waals surface area contributed by atoms with Crippen molar-refractivity contribution in [2.75, 3.05) is 0 Å². The minimum absolute atomic E-state index is 0.192. The average Bonchev–Trinajstić information content (AvgIpc) is 2.56. The van der Waals surface area contributed by atoms with Gasteiger partial charge in [0.15, 0.2) is 0 Å². The number of pyridine rings is 1. The maximum atomic E-state index is 9.29. The number of aromatic nitrogens is 1. The smallest absolute Gasteiger partial charge is 0.0764 e. The summed E-state index contributed by atoms with van der Waals surface area (Å²) >= 11 is 0. The predicted octanol–water partition coefficient (Wildman–Crippen LogP) is 4.56. The fourth-order valence-corrected chi connectivity index (χ4v) is 2.26. The molecule has 104 valence electrons. The van der Waals surface area contributed by atoms with Gasteiger partial charge in [-0.2, -0.15) is 5.26 Å². The Morgan fingerprint density at radius 2 is 2.00 bits per heavy atom. The van der Waals surface area contributed by atoms with Crippen LogP contribution in [0.25, 0.3) is 11.1 Å². The maximum absolute atomic E-state index is 9.29. The lowest BCUT2D eigenvalue weighted by Gasteiger charge is -2.10. The second-order valence-corrected chi connectivity index (χ2v) is 4.78. The molecule has 21 heavy (non-hydrogen) atoms. The summed E-state index contributed by atoms with van der Waals surface area (Å²) in [7, 11) is 0. The molecule has 0 aliphatic heterocycles. The number of hydrogen-bond donors (Lipinski definition) is 0. The van der Waals surface area contributed by atoms with Crippen molar-refractivity contribution in [2.24, 2.45) is 5.92 Å². The zero-order chi connectivity index (χ0) is 15.1. The van der Waals surface area contributed by atoms with Crippen molar-refractivity contribution in [1.29, 1.82) is 5.26 Å². The SMILES string of the molecule is C=C/C(=C\C)C(C#N)Cc1ccc(-c2ccccc2)cn1. The molecule has 1 aromatic heterocycles. The first kappa shape index (κ1) is 14.7. The predicted molar refractivity (Wildman–Crippen MR) is 86.4 cm³/mol. The molecule has 0 N–H and O–H groups in total. The molecule has 1 heterocycles. The molecule has 2 rings (SSSR count). The molecule has 1 aromatic carbocycles. The van der Waals surface area contributed by atoms with Crippen molar-refractivity contribution in [1.82, 2.24) is 4.98 Å². The summed E-state index contributed by atoms with van der Waals surface area (Å²) in [6.45, 7) is 5.68. The van der Waals surface area contributed by atoms with Crippen LogP contribution in [0.15, 0.2) is 73.0 Å². The Morgan fingerprint density at radius 1 is 1.24 bits per heavy atom. The van der Waals surface area contributed by atoms with E-state index >= 15 is 0 Å². The molecule has 1 atom stereocenters. The van der Waals surface area contributed by atoms with E-state index in [4.69, 9.17) is 0 Å². The van der Waals surface area contributed by atoms with Gasteiger partial charge >= 0.3 is 0 Å². The minimum atomic E-state index is -0.192. The van der Waals surface area contributed by atoms with E-state index in [1.165, 1.54) is 0 Å². The zero-order valence-corrected chi connectivity index (χ0v) is 12.2. The molecular weight excluding hydrogens is 256 g/mol. The molecule has 0 bridgehead atoms. The van der Waals surface area contributed by atoms with Gasteiger partial charge in [-0.25, -0.2) is 0 Å². The monoisotopic (exact) mass is 274 g/mol. The average molecular weight is 274 g/mol. The lowest BCUT2D eigenvalue weighted by atomic mass is 9.94. The van der Waals surface area contributed by atoms with Crippen molar-refractivity contribution in [2.45, 2.75) is 13.3 Å². The van der Waals surface area contributed by atoms with Gasteiger partial charge in [0.05, 0.1) is 12.0 Å². The third-order valence-corrected chi connectivity index (χ3v) is 3.47. The molecule has 0 saturated carbocycles. The van der Waals surface area contributed by atoms with Crippen LogP contribution in [0, 0.1) is 17.2 Å². The van der Waals surface area contributed by atoms with Gasteiger partial charge < -0.3 is 0 Å². The van der Waals surface area contributed by atoms with Crippen molar-refractivity contribution < 1.29 is 0 Å². The fourth-order valence-electron chi connectivity index (χ4n) is 2.26. The van der Waals surface area contributed by atoms with E-state index in [0.29, 0.717) is 6.42 Å². The molecule has 0 amide bonds. The van der Waals surface area contributed by atoms with Crippen LogP contribution in [0.4, 0.5) is 0 Å². The molecule has 0 aliphatic carbocycles. The molecular formula is C19H18N2. The van der Waals surface area contributed by atoms with E-state index in [9.17, 15) is 5.26 Å². The summed E-state index contributed by atoms with van der Waals surface area (Å²) in [6.07, 6.45) is 6.14. The lowest BCUT2D eigenvalue weighted by molar-refractivity contribution is 0.764. The van der Waals surface area contributed by atoms with E-state index in [1.54, 1.807) is 6.08 Å². The Bertz CT molecular complexity index is 661. The van der Waals surface area contributed by atoms with Crippen LogP contribution in [-0.4, -0.2) is 4.98 Å². The van der Waals surface area contributed by atoms with Crippen LogP contribution in [0.5, 0.6) is 0 Å². The van der Waals surface area contributed by atoms with Crippen molar-refractivity contribution >= 4 is 0 Å². The summed E-state index contributed by atoms with van der Waals surface area (Å²) in [4.78, 5) is 4.48. The Hall–Kier alpha value is -2.66. The topological polar surface area (TPSA) is 36.7 Å². The van der Waals surface area contributed by atoms with Crippen molar-refractivity contribution in [3.63, 3.8) is 0 Å². The van der Waals surface area contributed by atoms with Gasteiger partial charge in [0, 0.05) is 23.9 Å². The Labute approximate surface area is 126 Å².